The molecule has 7 heteroatoms. The van der Waals surface area contributed by atoms with Gasteiger partial charge in [-0.1, -0.05) is 30.3 Å². The van der Waals surface area contributed by atoms with E-state index in [4.69, 9.17) is 0 Å². The normalized spacial score (nSPS) is 15.6. The monoisotopic (exact) mass is 374 g/mol. The van der Waals surface area contributed by atoms with Gasteiger partial charge in [0.15, 0.2) is 0 Å². The van der Waals surface area contributed by atoms with E-state index in [2.05, 4.69) is 15.3 Å². The summed E-state index contributed by atoms with van der Waals surface area (Å²) in [6, 6.07) is 13.7. The van der Waals surface area contributed by atoms with E-state index in [1.165, 1.54) is 4.90 Å². The van der Waals surface area contributed by atoms with E-state index < -0.39 is 12.0 Å². The van der Waals surface area contributed by atoms with Crippen molar-refractivity contribution in [2.24, 2.45) is 0 Å². The molecule has 2 aromatic carbocycles. The molecule has 28 heavy (non-hydrogen) atoms. The number of hydrogen-bond donors (Lipinski definition) is 2. The molecule has 1 aliphatic rings. The number of benzene rings is 2. The van der Waals surface area contributed by atoms with Gasteiger partial charge in [0.2, 0.25) is 0 Å². The predicted molar refractivity (Wildman–Crippen MR) is 103 cm³/mol. The number of carboxylic acids is 1. The number of carbonyl (C=O) groups excluding carboxylic acids is 1. The first-order valence-electron chi connectivity index (χ1n) is 8.85. The average molecular weight is 374 g/mol. The Morgan fingerprint density at radius 2 is 1.89 bits per heavy atom. The number of carbonyl (C=O) groups is 2. The van der Waals surface area contributed by atoms with Crippen LogP contribution in [0.4, 0.5) is 11.5 Å². The van der Waals surface area contributed by atoms with Gasteiger partial charge < -0.3 is 15.3 Å². The second-order valence-electron chi connectivity index (χ2n) is 6.56. The summed E-state index contributed by atoms with van der Waals surface area (Å²) in [5.74, 6) is -0.760. The number of rotatable bonds is 4. The first-order valence-corrected chi connectivity index (χ1v) is 8.85. The number of fused-ring (bicyclic) bond motifs is 1. The molecule has 0 aliphatic carbocycles. The van der Waals surface area contributed by atoms with Crippen molar-refractivity contribution in [1.82, 2.24) is 14.9 Å². The molecule has 7 nitrogen and oxygen atoms in total. The Bertz CT molecular complexity index is 1020. The number of aromatic nitrogens is 2. The number of anilines is 2. The second-order valence-corrected chi connectivity index (χ2v) is 6.56. The Labute approximate surface area is 161 Å². The van der Waals surface area contributed by atoms with Crippen molar-refractivity contribution >= 4 is 23.4 Å². The summed E-state index contributed by atoms with van der Waals surface area (Å²) in [5, 5.41) is 12.7. The lowest BCUT2D eigenvalue weighted by molar-refractivity contribution is -0.142. The second kappa shape index (κ2) is 7.48. The van der Waals surface area contributed by atoms with E-state index in [0.717, 1.165) is 11.1 Å². The molecule has 1 unspecified atom stereocenters. The van der Waals surface area contributed by atoms with E-state index >= 15 is 0 Å². The van der Waals surface area contributed by atoms with Gasteiger partial charge in [-0.3, -0.25) is 9.78 Å². The lowest BCUT2D eigenvalue weighted by Gasteiger charge is -2.34. The quantitative estimate of drug-likeness (QED) is 0.729. The predicted octanol–water partition coefficient (Wildman–Crippen LogP) is 2.87. The van der Waals surface area contributed by atoms with Crippen LogP contribution in [0.5, 0.6) is 0 Å². The molecule has 0 bridgehead atoms. The number of hydrogen-bond acceptors (Lipinski definition) is 5. The minimum Gasteiger partial charge on any atom is -0.480 e. The summed E-state index contributed by atoms with van der Waals surface area (Å²) in [6.07, 6.45) is 5.02. The van der Waals surface area contributed by atoms with Crippen LogP contribution >= 0.6 is 0 Å². The minimum atomic E-state index is -1.00. The van der Waals surface area contributed by atoms with E-state index in [-0.39, 0.29) is 12.5 Å². The van der Waals surface area contributed by atoms with E-state index in [0.29, 0.717) is 23.5 Å². The van der Waals surface area contributed by atoms with Crippen LogP contribution in [0.3, 0.4) is 0 Å². The largest absolute Gasteiger partial charge is 0.480 e. The average Bonchev–Trinajstić information content (AvgIpc) is 2.73. The molecule has 2 heterocycles. The van der Waals surface area contributed by atoms with Crippen LogP contribution in [0, 0.1) is 0 Å². The van der Waals surface area contributed by atoms with Gasteiger partial charge in [0.05, 0.1) is 6.20 Å². The van der Waals surface area contributed by atoms with Crippen LogP contribution in [0.2, 0.25) is 0 Å². The van der Waals surface area contributed by atoms with Crippen LogP contribution in [-0.4, -0.2) is 37.9 Å². The Hall–Kier alpha value is -3.74. The molecule has 1 atom stereocenters. The molecule has 3 aromatic rings. The highest BCUT2D eigenvalue weighted by molar-refractivity contribution is 5.97. The first kappa shape index (κ1) is 17.7. The zero-order valence-corrected chi connectivity index (χ0v) is 14.9. The maximum atomic E-state index is 13.1. The lowest BCUT2D eigenvalue weighted by atomic mass is 9.93. The van der Waals surface area contributed by atoms with E-state index in [1.54, 1.807) is 36.8 Å². The highest BCUT2D eigenvalue weighted by Crippen LogP contribution is 2.26. The standard InChI is InChI=1S/C21H18N4O3/c26-20(15-6-3-7-17(10-15)24-19-12-22-8-9-23-19)25-13-16-5-2-1-4-14(16)11-18(25)21(27)28/h1-10,12,18H,11,13H2,(H,23,24)(H,27,28). The first-order chi connectivity index (χ1) is 13.6. The molecule has 1 aliphatic heterocycles. The molecule has 2 N–H and O–H groups in total. The molecule has 0 radical (unpaired) electrons. The third-order valence-corrected chi connectivity index (χ3v) is 4.74. The van der Waals surface area contributed by atoms with Gasteiger partial charge in [-0.15, -0.1) is 0 Å². The van der Waals surface area contributed by atoms with Crippen molar-refractivity contribution < 1.29 is 14.7 Å². The third-order valence-electron chi connectivity index (χ3n) is 4.74. The Morgan fingerprint density at radius 3 is 2.64 bits per heavy atom. The van der Waals surface area contributed by atoms with Crippen LogP contribution in [0.15, 0.2) is 67.1 Å². The summed E-state index contributed by atoms with van der Waals surface area (Å²) in [7, 11) is 0. The fraction of sp³-hybridized carbons (Fsp3) is 0.143. The summed E-state index contributed by atoms with van der Waals surface area (Å²) >= 11 is 0. The molecular formula is C21H18N4O3. The molecule has 0 saturated heterocycles. The zero-order valence-electron chi connectivity index (χ0n) is 14.9. The molecule has 1 amide bonds. The highest BCUT2D eigenvalue weighted by Gasteiger charge is 2.34. The minimum absolute atomic E-state index is 0.272. The summed E-state index contributed by atoms with van der Waals surface area (Å²) < 4.78 is 0. The van der Waals surface area contributed by atoms with Gasteiger partial charge in [-0.2, -0.15) is 0 Å². The molecular weight excluding hydrogens is 356 g/mol. The smallest absolute Gasteiger partial charge is 0.326 e. The molecule has 0 fully saturated rings. The van der Waals surface area contributed by atoms with Crippen molar-refractivity contribution in [2.45, 2.75) is 19.0 Å². The number of carboxylic acid groups (broad SMARTS) is 1. The van der Waals surface area contributed by atoms with Gasteiger partial charge >= 0.3 is 5.97 Å². The Morgan fingerprint density at radius 1 is 1.07 bits per heavy atom. The lowest BCUT2D eigenvalue weighted by Crippen LogP contribution is -2.48. The van der Waals surface area contributed by atoms with Crippen molar-refractivity contribution in [3.8, 4) is 0 Å². The molecule has 0 saturated carbocycles. The van der Waals surface area contributed by atoms with Crippen molar-refractivity contribution in [3.63, 3.8) is 0 Å². The zero-order chi connectivity index (χ0) is 19.5. The number of nitrogens with one attached hydrogen (secondary N) is 1. The number of nitrogens with zero attached hydrogens (tertiary/aromatic N) is 3. The maximum absolute atomic E-state index is 13.1. The van der Waals surface area contributed by atoms with Gasteiger partial charge in [-0.25, -0.2) is 9.78 Å². The van der Waals surface area contributed by atoms with E-state index in [9.17, 15) is 14.7 Å². The van der Waals surface area contributed by atoms with Crippen molar-refractivity contribution in [2.75, 3.05) is 5.32 Å². The highest BCUT2D eigenvalue weighted by atomic mass is 16.4. The topological polar surface area (TPSA) is 95.4 Å². The van der Waals surface area contributed by atoms with Gasteiger partial charge in [0.1, 0.15) is 11.9 Å². The fourth-order valence-electron chi connectivity index (χ4n) is 3.36. The SMILES string of the molecule is O=C(O)C1Cc2ccccc2CN1C(=O)c1cccc(Nc2cnccn2)c1. The summed E-state index contributed by atoms with van der Waals surface area (Å²) in [5.41, 5.74) is 3.04. The Kier molecular flexibility index (Phi) is 4.72. The molecule has 140 valence electrons. The number of amides is 1. The van der Waals surface area contributed by atoms with Crippen LogP contribution < -0.4 is 5.32 Å². The van der Waals surface area contributed by atoms with Gasteiger partial charge in [0.25, 0.3) is 5.91 Å². The van der Waals surface area contributed by atoms with Crippen molar-refractivity contribution in [3.05, 3.63) is 83.8 Å². The molecule has 1 aromatic heterocycles. The Balaban J connectivity index is 1.61. The summed E-state index contributed by atoms with van der Waals surface area (Å²) in [6.45, 7) is 0.272. The molecule has 4 rings (SSSR count). The van der Waals surface area contributed by atoms with Gasteiger partial charge in [0, 0.05) is 36.6 Å². The van der Waals surface area contributed by atoms with Crippen LogP contribution in [0.25, 0.3) is 0 Å². The molecule has 0 spiro atoms. The van der Waals surface area contributed by atoms with Crippen molar-refractivity contribution in [1.29, 1.82) is 0 Å². The van der Waals surface area contributed by atoms with Gasteiger partial charge in [-0.05, 0) is 29.3 Å². The van der Waals surface area contributed by atoms with Crippen LogP contribution in [-0.2, 0) is 17.8 Å². The van der Waals surface area contributed by atoms with E-state index in [1.807, 2.05) is 30.3 Å². The van der Waals surface area contributed by atoms with Crippen LogP contribution in [0.1, 0.15) is 21.5 Å². The summed E-state index contributed by atoms with van der Waals surface area (Å²) in [4.78, 5) is 34.5. The third kappa shape index (κ3) is 3.55. The maximum Gasteiger partial charge on any atom is 0.326 e. The fourth-order valence-corrected chi connectivity index (χ4v) is 3.36. The number of aliphatic carboxylic acids is 1.